The number of benzene rings is 1. The Balaban J connectivity index is 3.10. The number of rotatable bonds is 3. The van der Waals surface area contributed by atoms with Crippen LogP contribution in [0.3, 0.4) is 0 Å². The minimum Gasteiger partial charge on any atom is -0.422 e. The lowest BCUT2D eigenvalue weighted by molar-refractivity contribution is -0.138. The molecule has 0 heterocycles. The Morgan fingerprint density at radius 1 is 0.950 bits per heavy atom. The number of carbonyl (C=O) groups is 2. The maximum atomic E-state index is 11.8. The first-order valence-electron chi connectivity index (χ1n) is 5.17. The van der Waals surface area contributed by atoms with Gasteiger partial charge in [0, 0.05) is 6.92 Å². The summed E-state index contributed by atoms with van der Waals surface area (Å²) in [4.78, 5) is 22.7. The summed E-state index contributed by atoms with van der Waals surface area (Å²) in [5.74, 6) is -1.38. The average molecular weight is 379 g/mol. The molecule has 0 spiro atoms. The van der Waals surface area contributed by atoms with E-state index in [-0.39, 0.29) is 36.8 Å². The molecule has 0 aromatic heterocycles. The number of carbonyl (C=O) groups excluding carboxylic acids is 2. The summed E-state index contributed by atoms with van der Waals surface area (Å²) in [6.07, 6.45) is 0. The van der Waals surface area contributed by atoms with Crippen molar-refractivity contribution in [2.75, 3.05) is 0 Å². The molecular weight excluding hydrogens is 371 g/mol. The van der Waals surface area contributed by atoms with Crippen molar-refractivity contribution in [2.24, 2.45) is 0 Å². The van der Waals surface area contributed by atoms with Crippen LogP contribution in [-0.2, 0) is 9.59 Å². The monoisotopic (exact) mass is 377 g/mol. The highest BCUT2D eigenvalue weighted by Crippen LogP contribution is 2.48. The van der Waals surface area contributed by atoms with Gasteiger partial charge in [0.1, 0.15) is 16.1 Å². The molecule has 0 radical (unpaired) electrons. The molecule has 0 unspecified atom stereocenters. The Morgan fingerprint density at radius 3 is 1.75 bits per heavy atom. The van der Waals surface area contributed by atoms with Gasteiger partial charge in [0.05, 0.1) is 15.1 Å². The minimum atomic E-state index is -0.895. The summed E-state index contributed by atoms with van der Waals surface area (Å²) in [5.41, 5.74) is 0. The zero-order chi connectivity index (χ0) is 15.6. The van der Waals surface area contributed by atoms with Crippen LogP contribution in [0.5, 0.6) is 5.75 Å². The number of ether oxygens (including phenoxy) is 1. The highest BCUT2D eigenvalue weighted by atomic mass is 35.5. The van der Waals surface area contributed by atoms with Crippen molar-refractivity contribution in [1.82, 2.24) is 5.32 Å². The second-order valence-electron chi connectivity index (χ2n) is 3.74. The normalized spacial score (nSPS) is 11.9. The highest BCUT2D eigenvalue weighted by molar-refractivity contribution is 6.55. The summed E-state index contributed by atoms with van der Waals surface area (Å²) in [6.45, 7) is 2.70. The number of halogens is 5. The van der Waals surface area contributed by atoms with E-state index in [1.807, 2.05) is 0 Å². The third kappa shape index (κ3) is 3.83. The van der Waals surface area contributed by atoms with Crippen LogP contribution < -0.4 is 10.1 Å². The summed E-state index contributed by atoms with van der Waals surface area (Å²) < 4.78 is 5.01. The van der Waals surface area contributed by atoms with Crippen LogP contribution in [0.1, 0.15) is 13.8 Å². The van der Waals surface area contributed by atoms with Gasteiger partial charge in [0.15, 0.2) is 5.75 Å². The molecule has 1 rings (SSSR count). The van der Waals surface area contributed by atoms with Crippen molar-refractivity contribution in [1.29, 1.82) is 0 Å². The van der Waals surface area contributed by atoms with E-state index in [2.05, 4.69) is 5.32 Å². The Morgan fingerprint density at radius 2 is 1.35 bits per heavy atom. The predicted molar refractivity (Wildman–Crippen MR) is 80.4 cm³/mol. The molecule has 110 valence electrons. The van der Waals surface area contributed by atoms with Crippen LogP contribution in [-0.4, -0.2) is 17.9 Å². The number of amides is 1. The van der Waals surface area contributed by atoms with Crippen LogP contribution in [0.2, 0.25) is 25.1 Å². The predicted octanol–water partition coefficient (Wildman–Crippen LogP) is 4.38. The molecule has 9 heteroatoms. The van der Waals surface area contributed by atoms with E-state index in [4.69, 9.17) is 62.7 Å². The van der Waals surface area contributed by atoms with E-state index in [0.717, 1.165) is 0 Å². The van der Waals surface area contributed by atoms with Crippen LogP contribution in [0.25, 0.3) is 0 Å². The molecule has 1 amide bonds. The molecule has 1 N–H and O–H groups in total. The highest BCUT2D eigenvalue weighted by Gasteiger charge is 2.24. The molecule has 0 saturated heterocycles. The van der Waals surface area contributed by atoms with Gasteiger partial charge in [-0.3, -0.25) is 4.79 Å². The lowest BCUT2D eigenvalue weighted by Crippen LogP contribution is -2.39. The van der Waals surface area contributed by atoms with E-state index in [9.17, 15) is 9.59 Å². The van der Waals surface area contributed by atoms with Gasteiger partial charge >= 0.3 is 5.97 Å². The number of hydrogen-bond donors (Lipinski definition) is 1. The van der Waals surface area contributed by atoms with Gasteiger partial charge in [0.25, 0.3) is 0 Å². The van der Waals surface area contributed by atoms with Crippen molar-refractivity contribution in [3.8, 4) is 5.75 Å². The molecule has 20 heavy (non-hydrogen) atoms. The summed E-state index contributed by atoms with van der Waals surface area (Å²) >= 11 is 29.3. The quantitative estimate of drug-likeness (QED) is 0.367. The second-order valence-corrected chi connectivity index (χ2v) is 5.63. The molecule has 0 aliphatic heterocycles. The molecule has 0 fully saturated rings. The van der Waals surface area contributed by atoms with Gasteiger partial charge < -0.3 is 10.1 Å². The topological polar surface area (TPSA) is 55.4 Å². The van der Waals surface area contributed by atoms with Gasteiger partial charge in [-0.1, -0.05) is 58.0 Å². The minimum absolute atomic E-state index is 0.0435. The van der Waals surface area contributed by atoms with Crippen molar-refractivity contribution < 1.29 is 14.3 Å². The smallest absolute Gasteiger partial charge is 0.333 e. The summed E-state index contributed by atoms with van der Waals surface area (Å²) in [7, 11) is 0. The molecule has 0 aliphatic carbocycles. The van der Waals surface area contributed by atoms with E-state index in [1.54, 1.807) is 0 Å². The zero-order valence-electron chi connectivity index (χ0n) is 10.2. The van der Waals surface area contributed by atoms with Crippen LogP contribution >= 0.6 is 58.0 Å². The average Bonchev–Trinajstić information content (AvgIpc) is 2.38. The van der Waals surface area contributed by atoms with Crippen molar-refractivity contribution >= 4 is 69.9 Å². The number of nitrogens with one attached hydrogen (secondary N) is 1. The van der Waals surface area contributed by atoms with Crippen LogP contribution in [0, 0.1) is 0 Å². The standard InChI is InChI=1S/C11H8Cl5NO3/c1-3(17-4(2)18)11(19)20-10-8(15)6(13)5(12)7(14)9(10)16/h3H,1-2H3,(H,17,18)/t3-/m0/s1. The maximum Gasteiger partial charge on any atom is 0.333 e. The maximum absolute atomic E-state index is 11.8. The Labute approximate surface area is 140 Å². The molecular formula is C11H8Cl5NO3. The van der Waals surface area contributed by atoms with Gasteiger partial charge in [-0.05, 0) is 6.92 Å². The molecule has 1 aromatic carbocycles. The molecule has 0 bridgehead atoms. The molecule has 1 atom stereocenters. The lowest BCUT2D eigenvalue weighted by Gasteiger charge is -2.15. The molecule has 1 aromatic rings. The third-order valence-electron chi connectivity index (χ3n) is 2.15. The summed E-state index contributed by atoms with van der Waals surface area (Å²) in [5, 5.41) is 1.85. The fourth-order valence-corrected chi connectivity index (χ4v) is 2.43. The first kappa shape index (κ1) is 17.7. The number of esters is 1. The first-order valence-corrected chi connectivity index (χ1v) is 7.06. The first-order chi connectivity index (χ1) is 9.16. The van der Waals surface area contributed by atoms with E-state index in [1.165, 1.54) is 13.8 Å². The fraction of sp³-hybridized carbons (Fsp3) is 0.273. The number of hydrogen-bond acceptors (Lipinski definition) is 3. The van der Waals surface area contributed by atoms with Crippen molar-refractivity contribution in [2.45, 2.75) is 19.9 Å². The largest absolute Gasteiger partial charge is 0.422 e. The van der Waals surface area contributed by atoms with Crippen LogP contribution in [0.15, 0.2) is 0 Å². The Hall–Kier alpha value is -0.390. The fourth-order valence-electron chi connectivity index (χ4n) is 1.23. The summed E-state index contributed by atoms with van der Waals surface area (Å²) in [6, 6.07) is -0.895. The van der Waals surface area contributed by atoms with Gasteiger partial charge in [-0.25, -0.2) is 4.79 Å². The third-order valence-corrected chi connectivity index (χ3v) is 4.39. The van der Waals surface area contributed by atoms with Crippen LogP contribution in [0.4, 0.5) is 0 Å². The Bertz CT molecular complexity index is 547. The van der Waals surface area contributed by atoms with Gasteiger partial charge in [0.2, 0.25) is 5.91 Å². The van der Waals surface area contributed by atoms with E-state index < -0.39 is 12.0 Å². The van der Waals surface area contributed by atoms with Crippen molar-refractivity contribution in [3.05, 3.63) is 25.1 Å². The second kappa shape index (κ2) is 7.05. The van der Waals surface area contributed by atoms with Gasteiger partial charge in [-0.15, -0.1) is 0 Å². The van der Waals surface area contributed by atoms with E-state index in [0.29, 0.717) is 0 Å². The van der Waals surface area contributed by atoms with Gasteiger partial charge in [-0.2, -0.15) is 0 Å². The van der Waals surface area contributed by atoms with Crippen molar-refractivity contribution in [3.63, 3.8) is 0 Å². The Kier molecular flexibility index (Phi) is 6.23. The molecule has 0 saturated carbocycles. The zero-order valence-corrected chi connectivity index (χ0v) is 14.0. The lowest BCUT2D eigenvalue weighted by atomic mass is 10.3. The van der Waals surface area contributed by atoms with E-state index >= 15 is 0 Å². The molecule has 4 nitrogen and oxygen atoms in total. The SMILES string of the molecule is CC(=O)N[C@@H](C)C(=O)Oc1c(Cl)c(Cl)c(Cl)c(Cl)c1Cl. The molecule has 0 aliphatic rings.